The van der Waals surface area contributed by atoms with Gasteiger partial charge >= 0.3 is 349 Å². The van der Waals surface area contributed by atoms with Crippen LogP contribution >= 0.6 is 0 Å². The predicted molar refractivity (Wildman–Crippen MR) is 264 cm³/mol. The normalized spacial score (nSPS) is 13.9. The molecular weight excluding hydrogens is 964 g/mol. The van der Waals surface area contributed by atoms with E-state index in [-0.39, 0.29) is 16.4 Å². The summed E-state index contributed by atoms with van der Waals surface area (Å²) in [5, 5.41) is 0. The van der Waals surface area contributed by atoms with Gasteiger partial charge in [0.1, 0.15) is 0 Å². The van der Waals surface area contributed by atoms with Crippen LogP contribution in [0.5, 0.6) is 11.5 Å². The van der Waals surface area contributed by atoms with Gasteiger partial charge in [-0.3, -0.25) is 0 Å². The van der Waals surface area contributed by atoms with Crippen molar-refractivity contribution in [3.8, 4) is 45.1 Å². The van der Waals surface area contributed by atoms with Gasteiger partial charge in [0.2, 0.25) is 0 Å². The molecule has 3 heterocycles. The fraction of sp³-hybridized carbons (Fsp3) is 0.276. The molecule has 1 aliphatic heterocycles. The molecule has 0 unspecified atom stereocenters. The molecule has 0 N–H and O–H groups in total. The first kappa shape index (κ1) is 43.5. The van der Waals surface area contributed by atoms with Gasteiger partial charge in [-0.1, -0.05) is 20.8 Å². The first-order valence-electron chi connectivity index (χ1n) is 22.6. The van der Waals surface area contributed by atoms with Gasteiger partial charge in [-0.25, -0.2) is 0 Å². The number of rotatable bonds is 7. The van der Waals surface area contributed by atoms with Crippen LogP contribution in [-0.2, 0) is 36.6 Å². The zero-order chi connectivity index (χ0) is 45.3. The van der Waals surface area contributed by atoms with E-state index in [2.05, 4.69) is 243 Å². The van der Waals surface area contributed by atoms with E-state index in [9.17, 15) is 0 Å². The van der Waals surface area contributed by atoms with Crippen molar-refractivity contribution in [2.45, 2.75) is 105 Å². The third-order valence-electron chi connectivity index (χ3n) is 13.4. The second-order valence-corrected chi connectivity index (χ2v) is 21.3. The Morgan fingerprint density at radius 1 is 0.594 bits per heavy atom. The maximum atomic E-state index is 7.05. The van der Waals surface area contributed by atoms with Crippen molar-refractivity contribution in [3.63, 3.8) is 0 Å². The van der Waals surface area contributed by atoms with Crippen LogP contribution < -0.4 is 9.64 Å². The molecule has 8 aromatic rings. The Morgan fingerprint density at radius 3 is 1.77 bits per heavy atom. The maximum absolute atomic E-state index is 7.05. The third kappa shape index (κ3) is 7.81. The van der Waals surface area contributed by atoms with E-state index >= 15 is 0 Å². The standard InChI is InChI=1S/C58H60N4O.Pt/c1-38-39(2)53(42-20-14-12-15-21-42)55(54(40(38)3)43-22-16-13-17-23-43)61-37-60(49-24-18-19-25-50(49)61)46-32-45(57(7,8)9)33-48(35-46)63-47-27-26-41-28-30-58(10,11)62(51(41)36-47)52-34-44(29-31-59-52)56(4,5)6;/h12-27,29,31-36H,28,30H2,1-11H3;. The molecule has 9 rings (SSSR count). The fourth-order valence-corrected chi connectivity index (χ4v) is 10.6. The van der Waals surface area contributed by atoms with Crippen LogP contribution in [0, 0.1) is 24.6 Å². The molecule has 0 fully saturated rings. The molecule has 0 aliphatic carbocycles. The summed E-state index contributed by atoms with van der Waals surface area (Å²) in [6.45, 7) is 25.1. The van der Waals surface area contributed by atoms with Crippen molar-refractivity contribution in [1.82, 2.24) is 14.1 Å². The Labute approximate surface area is 390 Å². The molecule has 328 valence electrons. The number of benzene rings is 6. The van der Waals surface area contributed by atoms with Crippen LogP contribution in [0.15, 0.2) is 140 Å². The molecule has 0 bridgehead atoms. The first-order valence-corrected chi connectivity index (χ1v) is 23.7. The van der Waals surface area contributed by atoms with Crippen molar-refractivity contribution in [1.29, 1.82) is 0 Å². The molecule has 5 nitrogen and oxygen atoms in total. The number of hydrogen-bond acceptors (Lipinski definition) is 3. The molecule has 0 atom stereocenters. The number of ether oxygens (including phenoxy) is 1. The molecule has 6 heteroatoms. The minimum atomic E-state index is -0.148. The second-order valence-electron chi connectivity index (χ2n) is 20.3. The third-order valence-corrected chi connectivity index (χ3v) is 14.4. The van der Waals surface area contributed by atoms with E-state index in [4.69, 9.17) is 9.72 Å². The number of imidazole rings is 1. The van der Waals surface area contributed by atoms with Crippen molar-refractivity contribution in [3.05, 3.63) is 177 Å². The van der Waals surface area contributed by atoms with E-state index in [1.807, 2.05) is 6.20 Å². The number of pyridine rings is 1. The van der Waals surface area contributed by atoms with E-state index < -0.39 is 0 Å². The summed E-state index contributed by atoms with van der Waals surface area (Å²) in [4.78, 5) is 7.39. The number of para-hydroxylation sites is 2. The Kier molecular flexibility index (Phi) is 11.1. The van der Waals surface area contributed by atoms with Crippen LogP contribution in [-0.4, -0.2) is 19.7 Å². The van der Waals surface area contributed by atoms with Crippen LogP contribution in [0.1, 0.15) is 95.2 Å². The molecule has 0 amide bonds. The molecule has 0 spiro atoms. The number of aromatic nitrogens is 3. The molecule has 0 saturated heterocycles. The van der Waals surface area contributed by atoms with E-state index in [1.165, 1.54) is 61.3 Å². The van der Waals surface area contributed by atoms with Crippen molar-refractivity contribution < 1.29 is 24.1 Å². The number of aryl methyl sites for hydroxylation is 1. The fourth-order valence-electron chi connectivity index (χ4n) is 9.53. The van der Waals surface area contributed by atoms with Crippen LogP contribution in [0.2, 0.25) is 0 Å². The number of nitrogens with zero attached hydrogens (tertiary/aromatic N) is 4. The summed E-state index contributed by atoms with van der Waals surface area (Å²) >= 11 is 2.56. The summed E-state index contributed by atoms with van der Waals surface area (Å²) in [5.41, 5.74) is 17.9. The molecule has 64 heavy (non-hydrogen) atoms. The Bertz CT molecular complexity index is 3060. The predicted octanol–water partition coefficient (Wildman–Crippen LogP) is 15.4. The quantitative estimate of drug-likeness (QED) is 0.160. The van der Waals surface area contributed by atoms with Gasteiger partial charge in [0.05, 0.1) is 0 Å². The molecule has 0 radical (unpaired) electrons. The van der Waals surface area contributed by atoms with Gasteiger partial charge in [-0.15, -0.1) is 0 Å². The van der Waals surface area contributed by atoms with Gasteiger partial charge in [-0.2, -0.15) is 0 Å². The average molecular weight is 1020 g/mol. The molecule has 6 aromatic carbocycles. The topological polar surface area (TPSA) is 35.2 Å². The molecule has 0 saturated carbocycles. The minimum absolute atomic E-state index is 0.00967. The zero-order valence-electron chi connectivity index (χ0n) is 39.2. The Balaban J connectivity index is 1.24. The summed E-state index contributed by atoms with van der Waals surface area (Å²) in [5.74, 6) is 2.58. The monoisotopic (exact) mass is 1020 g/mol. The Hall–Kier alpha value is -5.77. The van der Waals surface area contributed by atoms with E-state index in [0.717, 1.165) is 56.4 Å². The van der Waals surface area contributed by atoms with Gasteiger partial charge in [0, 0.05) is 6.20 Å². The summed E-state index contributed by atoms with van der Waals surface area (Å²) in [6.07, 6.45) is 3.99. The van der Waals surface area contributed by atoms with Gasteiger partial charge in [0.15, 0.2) is 0 Å². The molecule has 2 aromatic heterocycles. The van der Waals surface area contributed by atoms with Crippen LogP contribution in [0.25, 0.3) is 44.7 Å². The first-order chi connectivity index (χ1) is 30.4. The van der Waals surface area contributed by atoms with Crippen molar-refractivity contribution in [2.75, 3.05) is 4.90 Å². The van der Waals surface area contributed by atoms with Crippen molar-refractivity contribution >= 4 is 22.5 Å². The van der Waals surface area contributed by atoms with E-state index in [0.29, 0.717) is 0 Å². The number of hydrogen-bond donors (Lipinski definition) is 0. The van der Waals surface area contributed by atoms with Gasteiger partial charge < -0.3 is 0 Å². The summed E-state index contributed by atoms with van der Waals surface area (Å²) < 4.78 is 13.0. The summed E-state index contributed by atoms with van der Waals surface area (Å²) in [7, 11) is 0. The molecular formula is C58H60N4OPt. The van der Waals surface area contributed by atoms with Crippen LogP contribution in [0.4, 0.5) is 11.5 Å². The number of fused-ring (bicyclic) bond motifs is 2. The summed E-state index contributed by atoms with van der Waals surface area (Å²) in [6, 6.07) is 48.4. The SMILES string of the molecule is Cc1c(C)c(-c2ccccc2)c(-n2[c](=[Pt])n(-c3cc(Oc4ccc5c(c4)N(c4cc(C(C)(C)C)ccn4)C(C)(C)CC5)cc(C(C)(C)C)c3)c3ccccc32)c(-c2ccccc2)c1C. The van der Waals surface area contributed by atoms with Crippen LogP contribution in [0.3, 0.4) is 0 Å². The number of anilines is 2. The molecule has 1 aliphatic rings. The average Bonchev–Trinajstić information content (AvgIpc) is 3.56. The second kappa shape index (κ2) is 16.3. The van der Waals surface area contributed by atoms with Crippen molar-refractivity contribution in [2.24, 2.45) is 0 Å². The van der Waals surface area contributed by atoms with Gasteiger partial charge in [-0.05, 0) is 17.0 Å². The van der Waals surface area contributed by atoms with Gasteiger partial charge in [0.25, 0.3) is 0 Å². The van der Waals surface area contributed by atoms with E-state index in [1.54, 1.807) is 0 Å². The zero-order valence-corrected chi connectivity index (χ0v) is 41.5. The Morgan fingerprint density at radius 2 is 1.17 bits per heavy atom.